The van der Waals surface area contributed by atoms with E-state index in [1.807, 2.05) is 51.0 Å². The summed E-state index contributed by atoms with van der Waals surface area (Å²) in [6.45, 7) is 6.00. The molecule has 1 aromatic carbocycles. The SMILES string of the molecule is CC.COc1cc(-c2cn3cc(C)nc3s2)cc2cn(C)nc12. The lowest BCUT2D eigenvalue weighted by Gasteiger charge is -2.03. The minimum Gasteiger partial charge on any atom is -0.494 e. The molecule has 0 aliphatic rings. The number of aromatic nitrogens is 4. The van der Waals surface area contributed by atoms with E-state index in [-0.39, 0.29) is 0 Å². The van der Waals surface area contributed by atoms with Gasteiger partial charge < -0.3 is 4.74 Å². The van der Waals surface area contributed by atoms with Gasteiger partial charge >= 0.3 is 0 Å². The molecule has 0 amide bonds. The second-order valence-electron chi connectivity index (χ2n) is 5.09. The number of aryl methyl sites for hydroxylation is 2. The fraction of sp³-hybridized carbons (Fsp3) is 0.294. The maximum Gasteiger partial charge on any atom is 0.194 e. The first-order valence-electron chi connectivity index (χ1n) is 7.61. The first-order valence-corrected chi connectivity index (χ1v) is 8.42. The number of hydrogen-bond acceptors (Lipinski definition) is 4. The van der Waals surface area contributed by atoms with Gasteiger partial charge in [0.05, 0.1) is 17.7 Å². The first kappa shape index (κ1) is 15.6. The predicted octanol–water partition coefficient (Wildman–Crippen LogP) is 4.29. The third kappa shape index (κ3) is 2.70. The van der Waals surface area contributed by atoms with E-state index in [1.54, 1.807) is 18.4 Å². The molecule has 0 bridgehead atoms. The van der Waals surface area contributed by atoms with E-state index in [9.17, 15) is 0 Å². The van der Waals surface area contributed by atoms with Crippen LogP contribution in [0, 0.1) is 6.92 Å². The quantitative estimate of drug-likeness (QED) is 0.551. The van der Waals surface area contributed by atoms with E-state index in [0.29, 0.717) is 0 Å². The van der Waals surface area contributed by atoms with Gasteiger partial charge in [0.15, 0.2) is 4.96 Å². The minimum atomic E-state index is 0.797. The molecule has 0 aliphatic heterocycles. The van der Waals surface area contributed by atoms with Crippen LogP contribution in [0.1, 0.15) is 19.5 Å². The standard InChI is InChI=1S/C15H14N4OS.C2H6/c1-9-6-19-8-13(21-15(19)16-9)10-4-11-7-18(2)17-14(11)12(5-10)20-3;1-2/h4-8H,1-3H3;1-2H3. The number of thiazole rings is 1. The maximum atomic E-state index is 5.48. The number of nitrogens with zero attached hydrogens (tertiary/aromatic N) is 4. The number of imidazole rings is 1. The van der Waals surface area contributed by atoms with Crippen molar-refractivity contribution in [1.29, 1.82) is 0 Å². The Kier molecular flexibility index (Phi) is 4.09. The lowest BCUT2D eigenvalue weighted by Crippen LogP contribution is -1.88. The Bertz CT molecular complexity index is 932. The number of fused-ring (bicyclic) bond motifs is 2. The van der Waals surface area contributed by atoms with E-state index < -0.39 is 0 Å². The van der Waals surface area contributed by atoms with Gasteiger partial charge in [0.2, 0.25) is 0 Å². The highest BCUT2D eigenvalue weighted by atomic mass is 32.1. The molecule has 0 saturated carbocycles. The molecule has 0 N–H and O–H groups in total. The molecule has 120 valence electrons. The third-order valence-corrected chi connectivity index (χ3v) is 4.51. The van der Waals surface area contributed by atoms with Crippen molar-refractivity contribution in [2.75, 3.05) is 7.11 Å². The van der Waals surface area contributed by atoms with Crippen LogP contribution in [-0.2, 0) is 7.05 Å². The van der Waals surface area contributed by atoms with E-state index >= 15 is 0 Å². The molecule has 0 aliphatic carbocycles. The van der Waals surface area contributed by atoms with Gasteiger partial charge in [-0.15, -0.1) is 0 Å². The van der Waals surface area contributed by atoms with Gasteiger partial charge in [0.25, 0.3) is 0 Å². The average Bonchev–Trinajstić information content (AvgIpc) is 3.19. The lowest BCUT2D eigenvalue weighted by atomic mass is 10.1. The highest BCUT2D eigenvalue weighted by Gasteiger charge is 2.12. The van der Waals surface area contributed by atoms with Crippen LogP contribution in [0.25, 0.3) is 26.3 Å². The van der Waals surface area contributed by atoms with Crippen molar-refractivity contribution in [3.8, 4) is 16.2 Å². The Morgan fingerprint density at radius 3 is 2.61 bits per heavy atom. The number of rotatable bonds is 2. The summed E-state index contributed by atoms with van der Waals surface area (Å²) >= 11 is 1.67. The van der Waals surface area contributed by atoms with Crippen molar-refractivity contribution < 1.29 is 4.74 Å². The summed E-state index contributed by atoms with van der Waals surface area (Å²) in [4.78, 5) is 6.68. The van der Waals surface area contributed by atoms with Crippen LogP contribution < -0.4 is 4.74 Å². The van der Waals surface area contributed by atoms with Crippen molar-refractivity contribution in [2.24, 2.45) is 7.05 Å². The average molecular weight is 328 g/mol. The highest BCUT2D eigenvalue weighted by Crippen LogP contribution is 2.35. The topological polar surface area (TPSA) is 44.4 Å². The molecule has 3 aromatic heterocycles. The Labute approximate surface area is 139 Å². The Hall–Kier alpha value is -2.34. The number of ether oxygens (including phenoxy) is 1. The summed E-state index contributed by atoms with van der Waals surface area (Å²) in [6, 6.07) is 4.18. The van der Waals surface area contributed by atoms with Crippen LogP contribution in [0.5, 0.6) is 5.75 Å². The lowest BCUT2D eigenvalue weighted by molar-refractivity contribution is 0.418. The first-order chi connectivity index (χ1) is 11.1. The summed E-state index contributed by atoms with van der Waals surface area (Å²) < 4.78 is 9.36. The van der Waals surface area contributed by atoms with Crippen molar-refractivity contribution in [3.63, 3.8) is 0 Å². The molecule has 0 spiro atoms. The maximum absolute atomic E-state index is 5.48. The molecular weight excluding hydrogens is 308 g/mol. The molecule has 4 aromatic rings. The van der Waals surface area contributed by atoms with Gasteiger partial charge in [-0.2, -0.15) is 5.10 Å². The van der Waals surface area contributed by atoms with E-state index in [4.69, 9.17) is 4.74 Å². The van der Waals surface area contributed by atoms with Crippen LogP contribution in [0.4, 0.5) is 0 Å². The molecule has 6 heteroatoms. The third-order valence-electron chi connectivity index (χ3n) is 3.47. The summed E-state index contributed by atoms with van der Waals surface area (Å²) in [6.07, 6.45) is 6.15. The molecule has 3 heterocycles. The number of methoxy groups -OCH3 is 1. The zero-order valence-corrected chi connectivity index (χ0v) is 14.8. The van der Waals surface area contributed by atoms with E-state index in [0.717, 1.165) is 32.9 Å². The number of hydrogen-bond donors (Lipinski definition) is 0. The van der Waals surface area contributed by atoms with Gasteiger partial charge in [0, 0.05) is 31.0 Å². The monoisotopic (exact) mass is 328 g/mol. The number of benzene rings is 1. The summed E-state index contributed by atoms with van der Waals surface area (Å²) in [7, 11) is 3.60. The van der Waals surface area contributed by atoms with Crippen molar-refractivity contribution in [2.45, 2.75) is 20.8 Å². The molecule has 0 saturated heterocycles. The van der Waals surface area contributed by atoms with Crippen LogP contribution in [-0.4, -0.2) is 26.3 Å². The summed E-state index contributed by atoms with van der Waals surface area (Å²) in [5.41, 5.74) is 3.05. The molecule has 0 radical (unpaired) electrons. The normalized spacial score (nSPS) is 10.8. The van der Waals surface area contributed by atoms with Gasteiger partial charge in [-0.05, 0) is 24.6 Å². The second kappa shape index (κ2) is 6.04. The van der Waals surface area contributed by atoms with Crippen LogP contribution >= 0.6 is 11.3 Å². The van der Waals surface area contributed by atoms with E-state index in [1.165, 1.54) is 4.88 Å². The fourth-order valence-electron chi connectivity index (χ4n) is 2.57. The molecule has 0 atom stereocenters. The van der Waals surface area contributed by atoms with Crippen LogP contribution in [0.2, 0.25) is 0 Å². The summed E-state index contributed by atoms with van der Waals surface area (Å²) in [5.74, 6) is 0.797. The predicted molar refractivity (Wildman–Crippen MR) is 95.4 cm³/mol. The molecule has 0 fully saturated rings. The van der Waals surface area contributed by atoms with Crippen molar-refractivity contribution >= 4 is 27.2 Å². The molecule has 5 nitrogen and oxygen atoms in total. The van der Waals surface area contributed by atoms with Gasteiger partial charge in [-0.3, -0.25) is 9.08 Å². The molecular formula is C17H20N4OS. The van der Waals surface area contributed by atoms with E-state index in [2.05, 4.69) is 26.7 Å². The molecule has 0 unspecified atom stereocenters. The highest BCUT2D eigenvalue weighted by molar-refractivity contribution is 7.20. The fourth-order valence-corrected chi connectivity index (χ4v) is 3.57. The Morgan fingerprint density at radius 1 is 1.13 bits per heavy atom. The summed E-state index contributed by atoms with van der Waals surface area (Å²) in [5, 5.41) is 5.52. The minimum absolute atomic E-state index is 0.797. The van der Waals surface area contributed by atoms with Gasteiger partial charge in [-0.1, -0.05) is 25.2 Å². The Balaban J connectivity index is 0.000000753. The smallest absolute Gasteiger partial charge is 0.194 e. The molecule has 23 heavy (non-hydrogen) atoms. The molecule has 4 rings (SSSR count). The van der Waals surface area contributed by atoms with Gasteiger partial charge in [-0.25, -0.2) is 4.98 Å². The Morgan fingerprint density at radius 2 is 1.91 bits per heavy atom. The second-order valence-corrected chi connectivity index (χ2v) is 6.10. The zero-order chi connectivity index (χ0) is 16.6. The van der Waals surface area contributed by atoms with Gasteiger partial charge in [0.1, 0.15) is 11.3 Å². The van der Waals surface area contributed by atoms with Crippen molar-refractivity contribution in [3.05, 3.63) is 36.4 Å². The zero-order valence-electron chi connectivity index (χ0n) is 14.0. The van der Waals surface area contributed by atoms with Crippen LogP contribution in [0.15, 0.2) is 30.7 Å². The van der Waals surface area contributed by atoms with Crippen LogP contribution in [0.3, 0.4) is 0 Å². The van der Waals surface area contributed by atoms with Crippen molar-refractivity contribution in [1.82, 2.24) is 19.2 Å². The largest absolute Gasteiger partial charge is 0.494 e.